The molecule has 122 valence electrons. The molecule has 0 heterocycles. The minimum atomic E-state index is -1.92. The predicted molar refractivity (Wildman–Crippen MR) is 89.1 cm³/mol. The van der Waals surface area contributed by atoms with Crippen molar-refractivity contribution in [2.75, 3.05) is 0 Å². The Bertz CT molecular complexity index is 276. The van der Waals surface area contributed by atoms with Crippen molar-refractivity contribution in [2.45, 2.75) is 104 Å². The van der Waals surface area contributed by atoms with Crippen LogP contribution in [-0.4, -0.2) is 24.1 Å². The lowest BCUT2D eigenvalue weighted by Crippen LogP contribution is -2.58. The van der Waals surface area contributed by atoms with E-state index in [0.29, 0.717) is 0 Å². The van der Waals surface area contributed by atoms with Crippen molar-refractivity contribution in [3.63, 3.8) is 0 Å². The van der Waals surface area contributed by atoms with Crippen LogP contribution in [-0.2, 0) is 11.3 Å². The fraction of sp³-hybridized carbons (Fsp3) is 1.00. The third-order valence-electron chi connectivity index (χ3n) is 4.80. The second-order valence-electron chi connectivity index (χ2n) is 6.43. The summed E-state index contributed by atoms with van der Waals surface area (Å²) in [5, 5.41) is 0. The van der Waals surface area contributed by atoms with Crippen LogP contribution in [0, 0.1) is 0 Å². The third-order valence-corrected chi connectivity index (χ3v) is 5.99. The van der Waals surface area contributed by atoms with E-state index in [1.165, 1.54) is 0 Å². The molecule has 0 aromatic rings. The first kappa shape index (κ1) is 20.1. The molecule has 0 radical (unpaired) electrons. The fourth-order valence-electron chi connectivity index (χ4n) is 2.99. The first-order valence-electron chi connectivity index (χ1n) is 8.22. The van der Waals surface area contributed by atoms with Crippen molar-refractivity contribution < 1.29 is 8.76 Å². The van der Waals surface area contributed by atoms with E-state index in [2.05, 4.69) is 41.5 Å². The maximum atomic E-state index is 12.1. The maximum Gasteiger partial charge on any atom is 0.235 e. The number of rotatable bonds is 11. The summed E-state index contributed by atoms with van der Waals surface area (Å²) in [5.41, 5.74) is -0.401. The van der Waals surface area contributed by atoms with E-state index in [1.54, 1.807) is 0 Å². The van der Waals surface area contributed by atoms with Gasteiger partial charge in [0.05, 0.1) is 0 Å². The van der Waals surface area contributed by atoms with Crippen LogP contribution in [0.1, 0.15) is 92.9 Å². The Hall–Kier alpha value is 0.0700. The van der Waals surface area contributed by atoms with Gasteiger partial charge in [-0.1, -0.05) is 53.4 Å². The van der Waals surface area contributed by atoms with E-state index >= 15 is 0 Å². The average Bonchev–Trinajstić information content (AvgIpc) is 2.42. The molecule has 0 saturated heterocycles. The van der Waals surface area contributed by atoms with Gasteiger partial charge in [-0.25, -0.2) is 4.21 Å². The summed E-state index contributed by atoms with van der Waals surface area (Å²) in [6.07, 6.45) is 8.22. The van der Waals surface area contributed by atoms with Crippen molar-refractivity contribution in [1.29, 1.82) is 0 Å². The standard InChI is InChI=1S/C16H35NO2S/c1-7-11-13-15(5,9-3)17(20(18)19)16(6,10-4)14-12-8-2/h7-14H2,1-6H3,(H,18,19). The molecule has 1 N–H and O–H groups in total. The first-order chi connectivity index (χ1) is 9.31. The van der Waals surface area contributed by atoms with Crippen LogP contribution in [0.15, 0.2) is 0 Å². The minimum absolute atomic E-state index is 0.200. The first-order valence-corrected chi connectivity index (χ1v) is 9.29. The van der Waals surface area contributed by atoms with E-state index in [0.717, 1.165) is 51.4 Å². The summed E-state index contributed by atoms with van der Waals surface area (Å²) in [7, 11) is 0. The van der Waals surface area contributed by atoms with Crippen molar-refractivity contribution in [3.05, 3.63) is 0 Å². The lowest BCUT2D eigenvalue weighted by molar-refractivity contribution is 0.0597. The number of unbranched alkanes of at least 4 members (excludes halogenated alkanes) is 2. The molecule has 0 aromatic carbocycles. The molecule has 20 heavy (non-hydrogen) atoms. The molecule has 0 rings (SSSR count). The Morgan fingerprint density at radius 1 is 0.900 bits per heavy atom. The molecular weight excluding hydrogens is 270 g/mol. The minimum Gasteiger partial charge on any atom is -0.294 e. The second-order valence-corrected chi connectivity index (χ2v) is 7.26. The van der Waals surface area contributed by atoms with Gasteiger partial charge in [-0.15, -0.1) is 0 Å². The molecular formula is C16H35NO2S. The molecule has 3 atom stereocenters. The van der Waals surface area contributed by atoms with Crippen LogP contribution in [0.4, 0.5) is 0 Å². The van der Waals surface area contributed by atoms with Crippen LogP contribution in [0.2, 0.25) is 0 Å². The third kappa shape index (κ3) is 5.12. The van der Waals surface area contributed by atoms with Gasteiger partial charge in [0.2, 0.25) is 11.3 Å². The molecule has 0 bridgehead atoms. The van der Waals surface area contributed by atoms with Gasteiger partial charge in [-0.05, 0) is 39.5 Å². The van der Waals surface area contributed by atoms with E-state index in [9.17, 15) is 8.76 Å². The van der Waals surface area contributed by atoms with Gasteiger partial charge in [0.1, 0.15) is 0 Å². The van der Waals surface area contributed by atoms with Crippen LogP contribution >= 0.6 is 0 Å². The summed E-state index contributed by atoms with van der Waals surface area (Å²) in [6, 6.07) is 0. The van der Waals surface area contributed by atoms with Crippen LogP contribution in [0.5, 0.6) is 0 Å². The largest absolute Gasteiger partial charge is 0.294 e. The molecule has 0 spiro atoms. The molecule has 0 aliphatic rings. The van der Waals surface area contributed by atoms with Gasteiger partial charge in [0.25, 0.3) is 0 Å². The van der Waals surface area contributed by atoms with Gasteiger partial charge in [-0.3, -0.25) is 4.55 Å². The molecule has 3 nitrogen and oxygen atoms in total. The average molecular weight is 306 g/mol. The number of nitrogens with zero attached hydrogens (tertiary/aromatic N) is 1. The fourth-order valence-corrected chi connectivity index (χ4v) is 4.18. The smallest absolute Gasteiger partial charge is 0.235 e. The van der Waals surface area contributed by atoms with E-state index < -0.39 is 11.3 Å². The van der Waals surface area contributed by atoms with Gasteiger partial charge < -0.3 is 0 Å². The maximum absolute atomic E-state index is 12.1. The summed E-state index contributed by atoms with van der Waals surface area (Å²) >= 11 is -1.92. The zero-order valence-electron chi connectivity index (χ0n) is 14.4. The highest BCUT2D eigenvalue weighted by molar-refractivity contribution is 7.76. The Labute approximate surface area is 128 Å². The zero-order chi connectivity index (χ0) is 15.8. The van der Waals surface area contributed by atoms with Gasteiger partial charge in [0.15, 0.2) is 0 Å². The monoisotopic (exact) mass is 305 g/mol. The quantitative estimate of drug-likeness (QED) is 0.537. The van der Waals surface area contributed by atoms with Crippen LogP contribution in [0.25, 0.3) is 0 Å². The molecule has 0 saturated carbocycles. The molecule has 4 heteroatoms. The van der Waals surface area contributed by atoms with Crippen LogP contribution < -0.4 is 0 Å². The highest BCUT2D eigenvalue weighted by Crippen LogP contribution is 2.38. The van der Waals surface area contributed by atoms with Gasteiger partial charge in [0, 0.05) is 11.1 Å². The molecule has 0 amide bonds. The Morgan fingerprint density at radius 2 is 1.25 bits per heavy atom. The number of hydrogen-bond donors (Lipinski definition) is 1. The summed E-state index contributed by atoms with van der Waals surface area (Å²) in [4.78, 5) is 0. The molecule has 0 aromatic heterocycles. The van der Waals surface area contributed by atoms with Crippen molar-refractivity contribution in [2.24, 2.45) is 0 Å². The molecule has 0 fully saturated rings. The SMILES string of the molecule is CCCCC(C)(CC)N(S(=O)O)C(C)(CC)CCCC. The molecule has 0 aliphatic heterocycles. The highest BCUT2D eigenvalue weighted by Gasteiger charge is 2.44. The molecule has 3 unspecified atom stereocenters. The summed E-state index contributed by atoms with van der Waals surface area (Å²) in [6.45, 7) is 12.9. The van der Waals surface area contributed by atoms with E-state index in [1.807, 2.05) is 4.31 Å². The van der Waals surface area contributed by atoms with Crippen molar-refractivity contribution in [1.82, 2.24) is 4.31 Å². The second kappa shape index (κ2) is 9.16. The topological polar surface area (TPSA) is 40.5 Å². The van der Waals surface area contributed by atoms with E-state index in [4.69, 9.17) is 0 Å². The van der Waals surface area contributed by atoms with Crippen molar-refractivity contribution >= 4 is 11.3 Å². The summed E-state index contributed by atoms with van der Waals surface area (Å²) in [5.74, 6) is 0. The van der Waals surface area contributed by atoms with E-state index in [-0.39, 0.29) is 11.1 Å². The Morgan fingerprint density at radius 3 is 1.45 bits per heavy atom. The molecule has 0 aliphatic carbocycles. The Kier molecular flexibility index (Phi) is 9.19. The highest BCUT2D eigenvalue weighted by atomic mass is 32.2. The predicted octanol–water partition coefficient (Wildman–Crippen LogP) is 5.14. The van der Waals surface area contributed by atoms with Crippen LogP contribution in [0.3, 0.4) is 0 Å². The van der Waals surface area contributed by atoms with Gasteiger partial charge in [-0.2, -0.15) is 4.31 Å². The lowest BCUT2D eigenvalue weighted by atomic mass is 9.84. The number of hydrogen-bond acceptors (Lipinski definition) is 1. The van der Waals surface area contributed by atoms with Gasteiger partial charge >= 0.3 is 0 Å². The summed E-state index contributed by atoms with van der Waals surface area (Å²) < 4.78 is 23.9. The van der Waals surface area contributed by atoms with Crippen molar-refractivity contribution in [3.8, 4) is 0 Å². The normalized spacial score (nSPS) is 19.6. The lowest BCUT2D eigenvalue weighted by Gasteiger charge is -2.49. The Balaban J connectivity index is 5.40. The zero-order valence-corrected chi connectivity index (χ0v) is 15.2.